The van der Waals surface area contributed by atoms with E-state index >= 15 is 0 Å². The Bertz CT molecular complexity index is 951. The van der Waals surface area contributed by atoms with Gasteiger partial charge in [0.15, 0.2) is 0 Å². The molecule has 26 heavy (non-hydrogen) atoms. The van der Waals surface area contributed by atoms with Crippen molar-refractivity contribution in [2.75, 3.05) is 0 Å². The molecular formula is C20H14N2O4. The van der Waals surface area contributed by atoms with Crippen LogP contribution in [0, 0.1) is 0 Å². The summed E-state index contributed by atoms with van der Waals surface area (Å²) < 4.78 is 5.23. The summed E-state index contributed by atoms with van der Waals surface area (Å²) in [6.45, 7) is 0. The zero-order valence-electron chi connectivity index (χ0n) is 13.6. The zero-order chi connectivity index (χ0) is 18.4. The first-order valence-electron chi connectivity index (χ1n) is 7.75. The summed E-state index contributed by atoms with van der Waals surface area (Å²) in [5.74, 6) is -1.63. The predicted octanol–water partition coefficient (Wildman–Crippen LogP) is 5.02. The van der Waals surface area contributed by atoms with Crippen molar-refractivity contribution in [3.8, 4) is 5.75 Å². The summed E-state index contributed by atoms with van der Waals surface area (Å²) >= 11 is 0. The Labute approximate surface area is 149 Å². The first-order chi connectivity index (χ1) is 12.6. The minimum Gasteiger partial charge on any atom is -0.478 e. The second-order valence-electron chi connectivity index (χ2n) is 5.27. The molecule has 3 aromatic carbocycles. The van der Waals surface area contributed by atoms with Crippen LogP contribution in [0.1, 0.15) is 20.7 Å². The van der Waals surface area contributed by atoms with Crippen molar-refractivity contribution in [1.29, 1.82) is 0 Å². The first-order valence-corrected chi connectivity index (χ1v) is 7.75. The summed E-state index contributed by atoms with van der Waals surface area (Å²) in [4.78, 5) is 23.4. The molecule has 0 unspecified atom stereocenters. The molecule has 0 fully saturated rings. The van der Waals surface area contributed by atoms with Gasteiger partial charge < -0.3 is 9.84 Å². The van der Waals surface area contributed by atoms with Crippen molar-refractivity contribution in [3.63, 3.8) is 0 Å². The second-order valence-corrected chi connectivity index (χ2v) is 5.27. The number of rotatable bonds is 5. The average Bonchev–Trinajstić information content (AvgIpc) is 2.68. The third-order valence-electron chi connectivity index (χ3n) is 3.46. The van der Waals surface area contributed by atoms with Crippen molar-refractivity contribution in [3.05, 3.63) is 90.0 Å². The number of hydrogen-bond acceptors (Lipinski definition) is 5. The van der Waals surface area contributed by atoms with Gasteiger partial charge in [0.2, 0.25) is 0 Å². The van der Waals surface area contributed by atoms with E-state index in [1.165, 1.54) is 12.1 Å². The molecule has 0 aliphatic heterocycles. The van der Waals surface area contributed by atoms with Crippen LogP contribution in [0.2, 0.25) is 0 Å². The molecule has 3 aromatic rings. The lowest BCUT2D eigenvalue weighted by atomic mass is 10.1. The van der Waals surface area contributed by atoms with Crippen LogP contribution in [0.15, 0.2) is 89.1 Å². The van der Waals surface area contributed by atoms with E-state index in [0.717, 1.165) is 5.69 Å². The van der Waals surface area contributed by atoms with Crippen molar-refractivity contribution in [1.82, 2.24) is 0 Å². The summed E-state index contributed by atoms with van der Waals surface area (Å²) in [6.07, 6.45) is 0. The highest BCUT2D eigenvalue weighted by Gasteiger charge is 2.17. The van der Waals surface area contributed by atoms with Gasteiger partial charge in [0.05, 0.1) is 22.5 Å². The van der Waals surface area contributed by atoms with E-state index in [4.69, 9.17) is 9.84 Å². The highest BCUT2D eigenvalue weighted by atomic mass is 16.5. The fraction of sp³-hybridized carbons (Fsp3) is 0. The number of nitrogens with zero attached hydrogens (tertiary/aromatic N) is 2. The van der Waals surface area contributed by atoms with Crippen LogP contribution in [0.3, 0.4) is 0 Å². The lowest BCUT2D eigenvalue weighted by molar-refractivity contribution is 0.0668. The molecule has 0 radical (unpaired) electrons. The van der Waals surface area contributed by atoms with Gasteiger partial charge in [-0.25, -0.2) is 9.59 Å². The number of carboxylic acids is 1. The van der Waals surface area contributed by atoms with Gasteiger partial charge in [-0.15, -0.1) is 0 Å². The molecular weight excluding hydrogens is 332 g/mol. The summed E-state index contributed by atoms with van der Waals surface area (Å²) in [5.41, 5.74) is 1.21. The normalized spacial score (nSPS) is 10.6. The molecule has 0 aromatic heterocycles. The molecule has 0 saturated carbocycles. The van der Waals surface area contributed by atoms with E-state index in [9.17, 15) is 9.59 Å². The SMILES string of the molecule is O=C(O)c1ccccc1C(=O)Oc1ccc(N=Nc2ccccc2)cc1. The number of benzene rings is 3. The first kappa shape index (κ1) is 17.0. The Morgan fingerprint density at radius 3 is 1.85 bits per heavy atom. The summed E-state index contributed by atoms with van der Waals surface area (Å²) in [6, 6.07) is 21.6. The summed E-state index contributed by atoms with van der Waals surface area (Å²) in [7, 11) is 0. The quantitative estimate of drug-likeness (QED) is 0.399. The Morgan fingerprint density at radius 1 is 0.692 bits per heavy atom. The van der Waals surface area contributed by atoms with Crippen molar-refractivity contribution >= 4 is 23.3 Å². The topological polar surface area (TPSA) is 88.3 Å². The number of ether oxygens (including phenoxy) is 1. The Balaban J connectivity index is 1.71. The van der Waals surface area contributed by atoms with Gasteiger partial charge in [-0.1, -0.05) is 30.3 Å². The standard InChI is InChI=1S/C20H14N2O4/c23-19(24)17-8-4-5-9-18(17)20(25)26-16-12-10-15(11-13-16)22-21-14-6-2-1-3-7-14/h1-13H,(H,23,24). The third-order valence-corrected chi connectivity index (χ3v) is 3.46. The molecule has 0 amide bonds. The molecule has 0 aliphatic carbocycles. The average molecular weight is 346 g/mol. The highest BCUT2D eigenvalue weighted by Crippen LogP contribution is 2.22. The molecule has 0 aliphatic rings. The number of carbonyl (C=O) groups is 2. The van der Waals surface area contributed by atoms with Gasteiger partial charge in [-0.2, -0.15) is 10.2 Å². The van der Waals surface area contributed by atoms with Crippen molar-refractivity contribution in [2.24, 2.45) is 10.2 Å². The lowest BCUT2D eigenvalue weighted by Crippen LogP contribution is -2.13. The number of esters is 1. The van der Waals surface area contributed by atoms with Gasteiger partial charge in [0.1, 0.15) is 5.75 Å². The molecule has 6 nitrogen and oxygen atoms in total. The van der Waals surface area contributed by atoms with Crippen LogP contribution >= 0.6 is 0 Å². The Morgan fingerprint density at radius 2 is 1.23 bits per heavy atom. The smallest absolute Gasteiger partial charge is 0.344 e. The van der Waals surface area contributed by atoms with Crippen LogP contribution < -0.4 is 4.74 Å². The molecule has 0 saturated heterocycles. The maximum atomic E-state index is 12.2. The van der Waals surface area contributed by atoms with Gasteiger partial charge in [0, 0.05) is 0 Å². The molecule has 0 atom stereocenters. The second kappa shape index (κ2) is 7.85. The van der Waals surface area contributed by atoms with E-state index in [1.807, 2.05) is 30.3 Å². The summed E-state index contributed by atoms with van der Waals surface area (Å²) in [5, 5.41) is 17.3. The zero-order valence-corrected chi connectivity index (χ0v) is 13.6. The third kappa shape index (κ3) is 4.18. The minimum absolute atomic E-state index is 0.00663. The van der Waals surface area contributed by atoms with Crippen LogP contribution in [-0.4, -0.2) is 17.0 Å². The predicted molar refractivity (Wildman–Crippen MR) is 95.4 cm³/mol. The molecule has 6 heteroatoms. The van der Waals surface area contributed by atoms with Crippen LogP contribution in [-0.2, 0) is 0 Å². The highest BCUT2D eigenvalue weighted by molar-refractivity contribution is 6.03. The number of hydrogen-bond donors (Lipinski definition) is 1. The molecule has 3 rings (SSSR count). The monoisotopic (exact) mass is 346 g/mol. The van der Waals surface area contributed by atoms with Crippen LogP contribution in [0.4, 0.5) is 11.4 Å². The van der Waals surface area contributed by atoms with Crippen molar-refractivity contribution < 1.29 is 19.4 Å². The van der Waals surface area contributed by atoms with Gasteiger partial charge in [-0.05, 0) is 48.5 Å². The maximum absolute atomic E-state index is 12.2. The number of carboxylic acid groups (broad SMARTS) is 1. The Kier molecular flexibility index (Phi) is 5.14. The molecule has 0 heterocycles. The maximum Gasteiger partial charge on any atom is 0.344 e. The molecule has 128 valence electrons. The number of aromatic carboxylic acids is 1. The largest absolute Gasteiger partial charge is 0.478 e. The molecule has 0 bridgehead atoms. The van der Waals surface area contributed by atoms with Crippen LogP contribution in [0.5, 0.6) is 5.75 Å². The van der Waals surface area contributed by atoms with E-state index in [-0.39, 0.29) is 16.9 Å². The van der Waals surface area contributed by atoms with E-state index in [0.29, 0.717) is 5.69 Å². The number of azo groups is 1. The van der Waals surface area contributed by atoms with Gasteiger partial charge in [-0.3, -0.25) is 0 Å². The van der Waals surface area contributed by atoms with Crippen LogP contribution in [0.25, 0.3) is 0 Å². The fourth-order valence-electron chi connectivity index (χ4n) is 2.20. The van der Waals surface area contributed by atoms with E-state index < -0.39 is 11.9 Å². The molecule has 1 N–H and O–H groups in total. The fourth-order valence-corrected chi connectivity index (χ4v) is 2.20. The Hall–Kier alpha value is -3.80. The van der Waals surface area contributed by atoms with Crippen molar-refractivity contribution in [2.45, 2.75) is 0 Å². The molecule has 0 spiro atoms. The van der Waals surface area contributed by atoms with Gasteiger partial charge in [0.25, 0.3) is 0 Å². The van der Waals surface area contributed by atoms with Gasteiger partial charge >= 0.3 is 11.9 Å². The lowest BCUT2D eigenvalue weighted by Gasteiger charge is -2.06. The number of carbonyl (C=O) groups excluding carboxylic acids is 1. The van der Waals surface area contributed by atoms with E-state index in [1.54, 1.807) is 36.4 Å². The minimum atomic E-state index is -1.19. The van der Waals surface area contributed by atoms with E-state index in [2.05, 4.69) is 10.2 Å².